The minimum Gasteiger partial charge on any atom is -1.00 e. The molecule has 21 N–H and O–H groups in total. The fraction of sp³-hybridized carbons (Fsp3) is 0.961. The van der Waals surface area contributed by atoms with Gasteiger partial charge >= 0.3 is 36.8 Å². The van der Waals surface area contributed by atoms with Crippen LogP contribution in [-0.4, -0.2) is 513 Å². The Hall–Kier alpha value is -1.94. The van der Waals surface area contributed by atoms with Crippen molar-refractivity contribution in [1.29, 1.82) is 0 Å². The maximum absolute atomic E-state index is 11.0. The minimum absolute atomic E-state index is 0. The Morgan fingerprint density at radius 3 is 0.582 bits per heavy atom. The summed E-state index contributed by atoms with van der Waals surface area (Å²) in [6.45, 7) is 3.75. The molecule has 45 heteroatoms. The molecule has 0 bridgehead atoms. The number of carboxylic acids is 2. The van der Waals surface area contributed by atoms with Gasteiger partial charge < -0.3 is 199 Å². The number of aliphatic hydroxyl groups excluding tert-OH is 19. The van der Waals surface area contributed by atoms with E-state index < -0.39 is 121 Å². The van der Waals surface area contributed by atoms with Gasteiger partial charge in [-0.15, -0.1) is 0 Å². The van der Waals surface area contributed by atoms with Crippen LogP contribution < -0.4 is 18.9 Å². The Morgan fingerprint density at radius 2 is 0.393 bits per heavy atom. The number of carbonyl (C=O) groups excluding carboxylic acids is 1. The number of hydrogen-bond donors (Lipinski definition) is 21. The molecule has 0 heterocycles. The zero-order chi connectivity index (χ0) is 90.7. The molecule has 0 aromatic carbocycles. The number of esters is 1. The summed E-state index contributed by atoms with van der Waals surface area (Å²) >= 11 is 0. The number of aliphatic carboxylic acids is 2. The van der Waals surface area contributed by atoms with Crippen molar-refractivity contribution in [2.24, 2.45) is 43.3 Å². The van der Waals surface area contributed by atoms with E-state index in [0.29, 0.717) is 51.9 Å². The zero-order valence-corrected chi connectivity index (χ0v) is 72.4. The molecule has 0 spiro atoms. The van der Waals surface area contributed by atoms with Gasteiger partial charge in [-0.1, -0.05) is 0 Å². The zero-order valence-electron chi connectivity index (χ0n) is 73.4. The molecule has 0 saturated heterocycles. The smallest absolute Gasteiger partial charge is 1.00 e. The first-order valence-electron chi connectivity index (χ1n) is 40.4. The second-order valence-electron chi connectivity index (χ2n) is 29.4. The molecule has 0 radical (unpaired) electrons. The Labute approximate surface area is 742 Å². The molecule has 0 aromatic rings. The number of hydrogen-bond acceptors (Lipinski definition) is 41. The van der Waals surface area contributed by atoms with Gasteiger partial charge in [0, 0.05) is 65.5 Å². The Bertz CT molecular complexity index is 2170. The van der Waals surface area contributed by atoms with Crippen LogP contribution >= 0.6 is 0 Å². The maximum atomic E-state index is 11.0. The largest absolute Gasteiger partial charge is 1.00 e. The second-order valence-corrected chi connectivity index (χ2v) is 29.4. The number of rotatable bonds is 88. The number of carboxylic acid groups (broad SMARTS) is 2. The van der Waals surface area contributed by atoms with E-state index in [1.165, 1.54) is 7.11 Å². The van der Waals surface area contributed by atoms with Crippen LogP contribution in [0.25, 0.3) is 0 Å². The van der Waals surface area contributed by atoms with E-state index in [2.05, 4.69) is 4.74 Å². The van der Waals surface area contributed by atoms with Crippen LogP contribution in [0.1, 0.15) is 66.6 Å². The van der Waals surface area contributed by atoms with Crippen LogP contribution in [0.4, 0.5) is 0 Å². The monoisotopic (exact) mass is 1810 g/mol. The van der Waals surface area contributed by atoms with Crippen LogP contribution in [0.3, 0.4) is 0 Å². The van der Waals surface area contributed by atoms with Crippen molar-refractivity contribution in [2.75, 3.05) is 370 Å². The van der Waals surface area contributed by atoms with Gasteiger partial charge in [0.2, 0.25) is 0 Å². The van der Waals surface area contributed by atoms with Crippen molar-refractivity contribution in [2.45, 2.75) is 65.2 Å². The van der Waals surface area contributed by atoms with E-state index in [9.17, 15) is 65.4 Å². The SMILES string of the molecule is CCOCC(COCCO)(COCCO)COCC(COCCO)(COCCO)COCCCC(=O)O.CCOCC(COCCO)(COCCO)COCC(COCCO)(COCCO)COCCCCO.COC(=O)CCCOCC(CO)(CO)COCC(CO)(CO)CO.O=C(O)CCCOCC(CO)(CO)COCC(CO)(CO)CO.[AlH3].[H-].[Li+]. The predicted molar refractivity (Wildman–Crippen MR) is 435 cm³/mol. The van der Waals surface area contributed by atoms with Gasteiger partial charge in [-0.05, 0) is 46.0 Å². The average Bonchev–Trinajstić information content (AvgIpc) is 0.848. The summed E-state index contributed by atoms with van der Waals surface area (Å²) in [5, 5.41) is 193. The van der Waals surface area contributed by atoms with Gasteiger partial charge in [0.25, 0.3) is 0 Å². The van der Waals surface area contributed by atoms with Crippen molar-refractivity contribution in [3.63, 3.8) is 0 Å². The number of carbonyl (C=O) groups is 3. The topological polar surface area (TPSA) is 651 Å². The van der Waals surface area contributed by atoms with Gasteiger partial charge in [0.05, 0.1) is 368 Å². The molecule has 0 aliphatic heterocycles. The van der Waals surface area contributed by atoms with E-state index in [1.807, 2.05) is 13.8 Å². The summed E-state index contributed by atoms with van der Waals surface area (Å²) in [5.74, 6) is -2.18. The van der Waals surface area contributed by atoms with Gasteiger partial charge in [0.15, 0.2) is 17.4 Å². The average molecular weight is 1810 g/mol. The summed E-state index contributed by atoms with van der Waals surface area (Å²) in [5.41, 5.74) is -7.48. The number of ether oxygens (including phenoxy) is 19. The first-order chi connectivity index (χ1) is 57.9. The van der Waals surface area contributed by atoms with E-state index >= 15 is 0 Å². The third-order valence-electron chi connectivity index (χ3n) is 17.6. The molecule has 0 rings (SSSR count). The van der Waals surface area contributed by atoms with Crippen molar-refractivity contribution in [3.05, 3.63) is 0 Å². The van der Waals surface area contributed by atoms with Crippen LogP contribution in [0.5, 0.6) is 0 Å². The maximum Gasteiger partial charge on any atom is 1.00 e. The van der Waals surface area contributed by atoms with Crippen LogP contribution in [-0.2, 0) is 104 Å². The first kappa shape index (κ1) is 131. The molecule has 0 aliphatic carbocycles. The standard InChI is InChI=1S/C24H48O13.C24H50O12.C15H30O9.C14H28O9.Al.Li.4H/c1-2-31-14-23(16-33-10-5-25,17-34-11-6-26)20-37-21-24(18-35-12-7-27,19-36-13-8-28)15-32-9-3-4-22(29)30;1-2-30-15-23(17-32-11-6-26,18-33-12-7-27)21-36-22-24(19-34-13-8-28,20-35-14-9-29)16-31-10-4-3-5-25;1-22-13(21)3-2-4-23-11-15(8-19,9-20)12-24-10-14(5-16,6-17)7-18;15-4-13(5-16,6-17)9-23-11-14(7-18,8-19)10-22-3-1-2-12(20)21;;;;;;/h25-28H,2-21H2,1H3,(H,29,30);25-29H,2-22H2,1H3;16-20H,2-12H2,1H3;15-19H,1-11H2,(H,20,21);;;;;;/q;;;;;+1;;;;-1. The van der Waals surface area contributed by atoms with Gasteiger partial charge in [-0.2, -0.15) is 0 Å². The number of aliphatic hydroxyl groups is 19. The van der Waals surface area contributed by atoms with Gasteiger partial charge in [-0.25, -0.2) is 0 Å². The Kier molecular flexibility index (Phi) is 94.7. The first-order valence-corrected chi connectivity index (χ1v) is 40.4. The molecule has 0 unspecified atom stereocenters. The summed E-state index contributed by atoms with van der Waals surface area (Å²) in [6, 6.07) is 0. The molecule has 122 heavy (non-hydrogen) atoms. The van der Waals surface area contributed by atoms with E-state index in [0.717, 1.165) is 0 Å². The van der Waals surface area contributed by atoms with Crippen molar-refractivity contribution >= 4 is 35.3 Å². The fourth-order valence-corrected chi connectivity index (χ4v) is 10.1. The molecule has 43 nitrogen and oxygen atoms in total. The predicted octanol–water partition coefficient (Wildman–Crippen LogP) is -10.6. The van der Waals surface area contributed by atoms with E-state index in [-0.39, 0.29) is 340 Å². The van der Waals surface area contributed by atoms with Crippen molar-refractivity contribution < 1.29 is 232 Å². The normalized spacial score (nSPS) is 12.2. The Balaban J connectivity index is -0.000000295. The van der Waals surface area contributed by atoms with Gasteiger partial charge in [0.1, 0.15) is 0 Å². The van der Waals surface area contributed by atoms with Crippen LogP contribution in [0, 0.1) is 43.3 Å². The summed E-state index contributed by atoms with van der Waals surface area (Å²) in [4.78, 5) is 32.1. The molecule has 0 aliphatic rings. The summed E-state index contributed by atoms with van der Waals surface area (Å²) < 4.78 is 106. The third kappa shape index (κ3) is 67.3. The van der Waals surface area contributed by atoms with Crippen molar-refractivity contribution in [1.82, 2.24) is 0 Å². The quantitative estimate of drug-likeness (QED) is 0.0153. The molecule has 0 atom stereocenters. The third-order valence-corrected chi connectivity index (χ3v) is 17.6. The van der Waals surface area contributed by atoms with Crippen LogP contribution in [0.15, 0.2) is 0 Å². The molecular formula is C77H160AlLiO43. The molecule has 0 saturated carbocycles. The molecular weight excluding hydrogens is 1650 g/mol. The minimum atomic E-state index is -1.20. The molecule has 730 valence electrons. The number of unbranched alkanes of at least 4 members (excludes halogenated alkanes) is 1. The summed E-state index contributed by atoms with van der Waals surface area (Å²) in [7, 11) is 1.30. The van der Waals surface area contributed by atoms with Gasteiger partial charge in [-0.3, -0.25) is 14.4 Å². The van der Waals surface area contributed by atoms with E-state index in [4.69, 9.17) is 141 Å². The van der Waals surface area contributed by atoms with E-state index in [1.54, 1.807) is 0 Å². The second kappa shape index (κ2) is 88.3. The fourth-order valence-electron chi connectivity index (χ4n) is 10.1. The van der Waals surface area contributed by atoms with Crippen molar-refractivity contribution in [3.8, 4) is 0 Å². The summed E-state index contributed by atoms with van der Waals surface area (Å²) in [6.07, 6.45) is 2.58. The number of methoxy groups -OCH3 is 1. The Morgan fingerprint density at radius 1 is 0.221 bits per heavy atom. The van der Waals surface area contributed by atoms with Crippen LogP contribution in [0.2, 0.25) is 0 Å². The molecule has 0 amide bonds. The molecule has 0 fully saturated rings. The molecule has 0 aromatic heterocycles.